The minimum absolute atomic E-state index is 0.259. The van der Waals surface area contributed by atoms with Crippen molar-refractivity contribution in [2.45, 2.75) is 25.9 Å². The molecule has 14 heavy (non-hydrogen) atoms. The molecule has 76 valence electrons. The lowest BCUT2D eigenvalue weighted by Crippen LogP contribution is -2.38. The van der Waals surface area contributed by atoms with Crippen molar-refractivity contribution in [2.75, 3.05) is 13.2 Å². The lowest BCUT2D eigenvalue weighted by molar-refractivity contribution is -0.0800. The number of para-hydroxylation sites is 1. The third kappa shape index (κ3) is 1.90. The van der Waals surface area contributed by atoms with Crippen LogP contribution in [0.4, 0.5) is 0 Å². The molecule has 0 amide bonds. The van der Waals surface area contributed by atoms with E-state index >= 15 is 0 Å². The molecule has 1 saturated heterocycles. The molecule has 2 heteroatoms. The molecule has 2 rings (SSSR count). The maximum Gasteiger partial charge on any atom is 0.145 e. The van der Waals surface area contributed by atoms with Crippen molar-refractivity contribution in [3.05, 3.63) is 29.8 Å². The van der Waals surface area contributed by atoms with Gasteiger partial charge in [-0.2, -0.15) is 0 Å². The van der Waals surface area contributed by atoms with E-state index in [-0.39, 0.29) is 6.10 Å². The molecule has 1 aromatic rings. The zero-order chi connectivity index (χ0) is 9.97. The van der Waals surface area contributed by atoms with Crippen LogP contribution in [0.25, 0.3) is 0 Å². The average Bonchev–Trinajstić information content (AvgIpc) is 2.12. The van der Waals surface area contributed by atoms with Gasteiger partial charge in [0.15, 0.2) is 0 Å². The molecule has 1 aliphatic rings. The highest BCUT2D eigenvalue weighted by Gasteiger charge is 2.21. The summed E-state index contributed by atoms with van der Waals surface area (Å²) in [5.74, 6) is 1.52. The molecule has 0 radical (unpaired) electrons. The first-order valence-corrected chi connectivity index (χ1v) is 5.10. The van der Waals surface area contributed by atoms with Crippen LogP contribution in [-0.4, -0.2) is 19.3 Å². The average molecular weight is 192 g/mol. The van der Waals surface area contributed by atoms with Crippen molar-refractivity contribution >= 4 is 0 Å². The van der Waals surface area contributed by atoms with Gasteiger partial charge in [0.25, 0.3) is 0 Å². The lowest BCUT2D eigenvalue weighted by Gasteiger charge is -2.28. The van der Waals surface area contributed by atoms with Crippen LogP contribution in [0.1, 0.15) is 25.3 Å². The maximum atomic E-state index is 5.82. The van der Waals surface area contributed by atoms with Crippen LogP contribution in [0.5, 0.6) is 5.75 Å². The van der Waals surface area contributed by atoms with Crippen LogP contribution in [-0.2, 0) is 4.74 Å². The first-order valence-electron chi connectivity index (χ1n) is 5.10. The Kier molecular flexibility index (Phi) is 2.73. The van der Waals surface area contributed by atoms with E-state index in [1.165, 1.54) is 5.56 Å². The molecule has 0 aromatic heterocycles. The molecular weight excluding hydrogens is 176 g/mol. The highest BCUT2D eigenvalue weighted by molar-refractivity contribution is 5.35. The third-order valence-corrected chi connectivity index (χ3v) is 2.44. The molecule has 0 aliphatic carbocycles. The zero-order valence-electron chi connectivity index (χ0n) is 8.69. The van der Waals surface area contributed by atoms with Crippen LogP contribution in [0.2, 0.25) is 0 Å². The van der Waals surface area contributed by atoms with Gasteiger partial charge in [-0.25, -0.2) is 0 Å². The Morgan fingerprint density at radius 3 is 2.57 bits per heavy atom. The minimum Gasteiger partial charge on any atom is -0.485 e. The Labute approximate surface area is 84.8 Å². The molecule has 0 N–H and O–H groups in total. The number of benzene rings is 1. The second kappa shape index (κ2) is 4.01. The van der Waals surface area contributed by atoms with E-state index in [1.807, 2.05) is 12.1 Å². The highest BCUT2D eigenvalue weighted by Crippen LogP contribution is 2.27. The first-order chi connectivity index (χ1) is 6.77. The molecule has 0 unspecified atom stereocenters. The Bertz CT molecular complexity index is 303. The van der Waals surface area contributed by atoms with Gasteiger partial charge < -0.3 is 9.47 Å². The number of hydrogen-bond acceptors (Lipinski definition) is 2. The van der Waals surface area contributed by atoms with Gasteiger partial charge in [-0.05, 0) is 17.5 Å². The topological polar surface area (TPSA) is 18.5 Å². The van der Waals surface area contributed by atoms with Gasteiger partial charge in [0, 0.05) is 0 Å². The summed E-state index contributed by atoms with van der Waals surface area (Å²) in [6.07, 6.45) is 0.259. The van der Waals surface area contributed by atoms with Crippen LogP contribution in [0.3, 0.4) is 0 Å². The van der Waals surface area contributed by atoms with E-state index in [0.29, 0.717) is 5.92 Å². The summed E-state index contributed by atoms with van der Waals surface area (Å²) < 4.78 is 10.9. The Balaban J connectivity index is 2.13. The van der Waals surface area contributed by atoms with Gasteiger partial charge in [-0.3, -0.25) is 0 Å². The second-order valence-corrected chi connectivity index (χ2v) is 3.97. The molecule has 1 fully saturated rings. The van der Waals surface area contributed by atoms with Crippen LogP contribution in [0.15, 0.2) is 24.3 Å². The molecule has 0 saturated carbocycles. The van der Waals surface area contributed by atoms with Crippen molar-refractivity contribution in [1.82, 2.24) is 0 Å². The molecule has 0 spiro atoms. The zero-order valence-corrected chi connectivity index (χ0v) is 8.69. The molecular formula is C12H16O2. The van der Waals surface area contributed by atoms with E-state index in [1.54, 1.807) is 0 Å². The van der Waals surface area contributed by atoms with Gasteiger partial charge in [-0.15, -0.1) is 0 Å². The summed E-state index contributed by atoms with van der Waals surface area (Å²) in [4.78, 5) is 0. The Morgan fingerprint density at radius 1 is 1.29 bits per heavy atom. The van der Waals surface area contributed by atoms with Crippen LogP contribution < -0.4 is 4.74 Å². The molecule has 1 aromatic carbocycles. The van der Waals surface area contributed by atoms with E-state index in [2.05, 4.69) is 26.0 Å². The van der Waals surface area contributed by atoms with Gasteiger partial charge >= 0.3 is 0 Å². The summed E-state index contributed by atoms with van der Waals surface area (Å²) in [7, 11) is 0. The van der Waals surface area contributed by atoms with Gasteiger partial charge in [0.05, 0.1) is 13.2 Å². The van der Waals surface area contributed by atoms with Gasteiger partial charge in [0.1, 0.15) is 11.9 Å². The van der Waals surface area contributed by atoms with Crippen LogP contribution >= 0.6 is 0 Å². The summed E-state index contributed by atoms with van der Waals surface area (Å²) in [5.41, 5.74) is 1.28. The van der Waals surface area contributed by atoms with Gasteiger partial charge in [-0.1, -0.05) is 32.0 Å². The quantitative estimate of drug-likeness (QED) is 0.732. The molecule has 1 heterocycles. The third-order valence-electron chi connectivity index (χ3n) is 2.44. The summed E-state index contributed by atoms with van der Waals surface area (Å²) >= 11 is 0. The summed E-state index contributed by atoms with van der Waals surface area (Å²) in [5, 5.41) is 0. The SMILES string of the molecule is CC(C)c1ccccc1OC1COC1. The molecule has 0 bridgehead atoms. The van der Waals surface area contributed by atoms with Crippen molar-refractivity contribution in [2.24, 2.45) is 0 Å². The monoisotopic (exact) mass is 192 g/mol. The number of ether oxygens (including phenoxy) is 2. The van der Waals surface area contributed by atoms with Crippen molar-refractivity contribution in [1.29, 1.82) is 0 Å². The predicted octanol–water partition coefficient (Wildman–Crippen LogP) is 2.59. The summed E-state index contributed by atoms with van der Waals surface area (Å²) in [6.45, 7) is 5.82. The van der Waals surface area contributed by atoms with Crippen molar-refractivity contribution in [3.63, 3.8) is 0 Å². The Morgan fingerprint density at radius 2 is 2.00 bits per heavy atom. The van der Waals surface area contributed by atoms with E-state index in [4.69, 9.17) is 9.47 Å². The second-order valence-electron chi connectivity index (χ2n) is 3.97. The maximum absolute atomic E-state index is 5.82. The molecule has 0 atom stereocenters. The van der Waals surface area contributed by atoms with Crippen molar-refractivity contribution < 1.29 is 9.47 Å². The standard InChI is InChI=1S/C12H16O2/c1-9(2)11-5-3-4-6-12(11)14-10-7-13-8-10/h3-6,9-10H,7-8H2,1-2H3. The fourth-order valence-electron chi connectivity index (χ4n) is 1.53. The minimum atomic E-state index is 0.259. The van der Waals surface area contributed by atoms with Gasteiger partial charge in [0.2, 0.25) is 0 Å². The van der Waals surface area contributed by atoms with Crippen LogP contribution in [0, 0.1) is 0 Å². The lowest BCUT2D eigenvalue weighted by atomic mass is 10.0. The molecule has 1 aliphatic heterocycles. The summed E-state index contributed by atoms with van der Waals surface area (Å²) in [6, 6.07) is 8.23. The highest BCUT2D eigenvalue weighted by atomic mass is 16.6. The number of rotatable bonds is 3. The Hall–Kier alpha value is -1.02. The van der Waals surface area contributed by atoms with E-state index in [0.717, 1.165) is 19.0 Å². The fraction of sp³-hybridized carbons (Fsp3) is 0.500. The smallest absolute Gasteiger partial charge is 0.145 e. The largest absolute Gasteiger partial charge is 0.485 e. The molecule has 2 nitrogen and oxygen atoms in total. The van der Waals surface area contributed by atoms with E-state index in [9.17, 15) is 0 Å². The van der Waals surface area contributed by atoms with Crippen molar-refractivity contribution in [3.8, 4) is 5.75 Å². The fourth-order valence-corrected chi connectivity index (χ4v) is 1.53. The first kappa shape index (κ1) is 9.53. The number of hydrogen-bond donors (Lipinski definition) is 0. The predicted molar refractivity (Wildman–Crippen MR) is 55.8 cm³/mol. The normalized spacial score (nSPS) is 16.8. The van der Waals surface area contributed by atoms with E-state index < -0.39 is 0 Å².